The van der Waals surface area contributed by atoms with Gasteiger partial charge in [0.15, 0.2) is 5.82 Å². The Labute approximate surface area is 142 Å². The van der Waals surface area contributed by atoms with Crippen LogP contribution in [-0.2, 0) is 6.54 Å². The Morgan fingerprint density at radius 2 is 2.00 bits per heavy atom. The van der Waals surface area contributed by atoms with E-state index in [1.165, 1.54) is 24.8 Å². The van der Waals surface area contributed by atoms with Crippen molar-refractivity contribution in [3.05, 3.63) is 41.7 Å². The Morgan fingerprint density at radius 1 is 1.21 bits per heavy atom. The maximum atomic E-state index is 10.9. The van der Waals surface area contributed by atoms with E-state index in [2.05, 4.69) is 55.9 Å². The number of hydrogen-bond acceptors (Lipinski definition) is 5. The van der Waals surface area contributed by atoms with Crippen molar-refractivity contribution in [3.8, 4) is 0 Å². The lowest BCUT2D eigenvalue weighted by Crippen LogP contribution is -2.52. The van der Waals surface area contributed by atoms with Gasteiger partial charge in [-0.25, -0.2) is 0 Å². The van der Waals surface area contributed by atoms with E-state index in [9.17, 15) is 5.11 Å². The third-order valence-corrected chi connectivity index (χ3v) is 5.49. The summed E-state index contributed by atoms with van der Waals surface area (Å²) in [4.78, 5) is 2.44. The topological polar surface area (TPSA) is 77.9 Å². The Bertz CT molecular complexity index is 635. The molecule has 4 rings (SSSR count). The average Bonchev–Trinajstić information content (AvgIpc) is 3.03. The van der Waals surface area contributed by atoms with Gasteiger partial charge in [0.2, 0.25) is 0 Å². The third kappa shape index (κ3) is 3.49. The van der Waals surface area contributed by atoms with Gasteiger partial charge in [0.05, 0.1) is 5.60 Å². The number of hydrogen-bond donors (Lipinski definition) is 2. The molecule has 2 aliphatic rings. The first-order valence-corrected chi connectivity index (χ1v) is 8.92. The van der Waals surface area contributed by atoms with Crippen molar-refractivity contribution in [3.63, 3.8) is 0 Å². The van der Waals surface area contributed by atoms with Crippen LogP contribution < -0.4 is 0 Å². The standard InChI is InChI=1S/C18H25N5O/c24-18(9-16(10-18)17-19-21-22-20-17)13-23(12-15-7-4-8-15)11-14-5-2-1-3-6-14/h1-3,5-6,15-16,24H,4,7-13H2,(H,19,20,21,22). The summed E-state index contributed by atoms with van der Waals surface area (Å²) in [5.74, 6) is 1.76. The first-order valence-electron chi connectivity index (χ1n) is 8.92. The molecule has 0 atom stereocenters. The highest BCUT2D eigenvalue weighted by atomic mass is 16.3. The number of aromatic amines is 1. The fourth-order valence-corrected chi connectivity index (χ4v) is 4.00. The van der Waals surface area contributed by atoms with Crippen molar-refractivity contribution in [1.82, 2.24) is 25.5 Å². The summed E-state index contributed by atoms with van der Waals surface area (Å²) in [5, 5.41) is 25.1. The molecule has 0 amide bonds. The third-order valence-electron chi connectivity index (χ3n) is 5.49. The maximum Gasteiger partial charge on any atom is 0.177 e. The van der Waals surface area contributed by atoms with Crippen molar-refractivity contribution in [2.24, 2.45) is 5.92 Å². The number of aliphatic hydroxyl groups is 1. The van der Waals surface area contributed by atoms with Crippen LogP contribution in [0.3, 0.4) is 0 Å². The number of nitrogens with one attached hydrogen (secondary N) is 1. The molecule has 1 heterocycles. The second kappa shape index (κ2) is 6.61. The van der Waals surface area contributed by atoms with Crippen molar-refractivity contribution < 1.29 is 5.11 Å². The molecule has 0 aliphatic heterocycles. The van der Waals surface area contributed by atoms with Crippen LogP contribution in [0.15, 0.2) is 30.3 Å². The van der Waals surface area contributed by atoms with Gasteiger partial charge in [-0.2, -0.15) is 5.21 Å². The number of H-pyrrole nitrogens is 1. The number of aromatic nitrogens is 4. The number of benzene rings is 1. The van der Waals surface area contributed by atoms with Gasteiger partial charge in [0.1, 0.15) is 0 Å². The lowest BCUT2D eigenvalue weighted by molar-refractivity contribution is -0.0789. The molecule has 6 nitrogen and oxygen atoms in total. The van der Waals surface area contributed by atoms with Crippen molar-refractivity contribution in [2.45, 2.75) is 50.2 Å². The quantitative estimate of drug-likeness (QED) is 0.814. The highest BCUT2D eigenvalue weighted by Crippen LogP contribution is 2.44. The van der Waals surface area contributed by atoms with Crippen LogP contribution in [0, 0.1) is 5.92 Å². The Morgan fingerprint density at radius 3 is 2.62 bits per heavy atom. The molecule has 0 spiro atoms. The van der Waals surface area contributed by atoms with Crippen LogP contribution in [0.1, 0.15) is 49.4 Å². The molecule has 2 saturated carbocycles. The zero-order chi connectivity index (χ0) is 16.4. The Kier molecular flexibility index (Phi) is 4.33. The van der Waals surface area contributed by atoms with E-state index in [4.69, 9.17) is 0 Å². The minimum Gasteiger partial charge on any atom is -0.389 e. The predicted octanol–water partition coefficient (Wildman–Crippen LogP) is 2.11. The van der Waals surface area contributed by atoms with Gasteiger partial charge in [0.25, 0.3) is 0 Å². The summed E-state index contributed by atoms with van der Waals surface area (Å²) in [7, 11) is 0. The van der Waals surface area contributed by atoms with Crippen LogP contribution in [0.25, 0.3) is 0 Å². The van der Waals surface area contributed by atoms with Crippen LogP contribution in [0.2, 0.25) is 0 Å². The smallest absolute Gasteiger partial charge is 0.177 e. The highest BCUT2D eigenvalue weighted by molar-refractivity contribution is 5.15. The molecule has 0 radical (unpaired) electrons. The molecular weight excluding hydrogens is 302 g/mol. The SMILES string of the molecule is OC1(CN(Cc2ccccc2)CC2CCC2)CC(c2nn[nH]n2)C1. The molecule has 0 saturated heterocycles. The molecule has 0 unspecified atom stereocenters. The van der Waals surface area contributed by atoms with Crippen LogP contribution >= 0.6 is 0 Å². The minimum absolute atomic E-state index is 0.232. The Hall–Kier alpha value is -1.79. The van der Waals surface area contributed by atoms with Gasteiger partial charge < -0.3 is 5.11 Å². The van der Waals surface area contributed by atoms with E-state index in [-0.39, 0.29) is 5.92 Å². The summed E-state index contributed by atoms with van der Waals surface area (Å²) in [6, 6.07) is 10.6. The summed E-state index contributed by atoms with van der Waals surface area (Å²) in [6.07, 6.45) is 5.46. The zero-order valence-corrected chi connectivity index (χ0v) is 13.9. The van der Waals surface area contributed by atoms with Crippen LogP contribution in [-0.4, -0.2) is 49.3 Å². The molecule has 2 fully saturated rings. The second-order valence-electron chi connectivity index (χ2n) is 7.55. The molecule has 1 aromatic carbocycles. The first kappa shape index (κ1) is 15.7. The van der Waals surface area contributed by atoms with Gasteiger partial charge in [0, 0.05) is 25.6 Å². The van der Waals surface area contributed by atoms with Gasteiger partial charge in [-0.3, -0.25) is 4.90 Å². The molecule has 1 aromatic heterocycles. The Balaban J connectivity index is 1.38. The maximum absolute atomic E-state index is 10.9. The van der Waals surface area contributed by atoms with E-state index >= 15 is 0 Å². The van der Waals surface area contributed by atoms with Crippen LogP contribution in [0.5, 0.6) is 0 Å². The van der Waals surface area contributed by atoms with Crippen LogP contribution in [0.4, 0.5) is 0 Å². The number of nitrogens with zero attached hydrogens (tertiary/aromatic N) is 4. The summed E-state index contributed by atoms with van der Waals surface area (Å²) < 4.78 is 0. The molecule has 6 heteroatoms. The predicted molar refractivity (Wildman–Crippen MR) is 90.2 cm³/mol. The average molecular weight is 327 g/mol. The molecule has 2 aromatic rings. The summed E-state index contributed by atoms with van der Waals surface area (Å²) in [6.45, 7) is 2.73. The summed E-state index contributed by atoms with van der Waals surface area (Å²) >= 11 is 0. The lowest BCUT2D eigenvalue weighted by atomic mass is 9.70. The monoisotopic (exact) mass is 327 g/mol. The van der Waals surface area contributed by atoms with Crippen molar-refractivity contribution in [1.29, 1.82) is 0 Å². The molecule has 2 aliphatic carbocycles. The van der Waals surface area contributed by atoms with Crippen molar-refractivity contribution in [2.75, 3.05) is 13.1 Å². The van der Waals surface area contributed by atoms with Gasteiger partial charge in [-0.05, 0) is 37.2 Å². The highest BCUT2D eigenvalue weighted by Gasteiger charge is 2.46. The molecule has 2 N–H and O–H groups in total. The van der Waals surface area contributed by atoms with Crippen molar-refractivity contribution >= 4 is 0 Å². The molecule has 128 valence electrons. The minimum atomic E-state index is -0.621. The largest absolute Gasteiger partial charge is 0.389 e. The van der Waals surface area contributed by atoms with Gasteiger partial charge in [-0.15, -0.1) is 10.2 Å². The molecular formula is C18H25N5O. The summed E-state index contributed by atoms with van der Waals surface area (Å²) in [5.41, 5.74) is 0.693. The fraction of sp³-hybridized carbons (Fsp3) is 0.611. The number of rotatable bonds is 7. The first-order chi connectivity index (χ1) is 11.7. The van der Waals surface area contributed by atoms with Gasteiger partial charge in [-0.1, -0.05) is 42.0 Å². The van der Waals surface area contributed by atoms with E-state index < -0.39 is 5.60 Å². The molecule has 24 heavy (non-hydrogen) atoms. The van der Waals surface area contributed by atoms with Gasteiger partial charge >= 0.3 is 0 Å². The zero-order valence-electron chi connectivity index (χ0n) is 13.9. The van der Waals surface area contributed by atoms with E-state index in [0.717, 1.165) is 44.2 Å². The lowest BCUT2D eigenvalue weighted by Gasteiger charge is -2.46. The van der Waals surface area contributed by atoms with E-state index in [1.54, 1.807) is 0 Å². The second-order valence-corrected chi connectivity index (χ2v) is 7.55. The van der Waals surface area contributed by atoms with E-state index in [0.29, 0.717) is 0 Å². The van der Waals surface area contributed by atoms with E-state index in [1.807, 2.05) is 0 Å². The number of tetrazole rings is 1. The molecule has 0 bridgehead atoms. The normalized spacial score (nSPS) is 27.0. The fourth-order valence-electron chi connectivity index (χ4n) is 4.00.